The number of amides is 1. The summed E-state index contributed by atoms with van der Waals surface area (Å²) in [7, 11) is 0. The average molecular weight is 327 g/mol. The highest BCUT2D eigenvalue weighted by Crippen LogP contribution is 2.30. The van der Waals surface area contributed by atoms with Gasteiger partial charge in [0.15, 0.2) is 0 Å². The maximum Gasteiger partial charge on any atom is 0.323 e. The Bertz CT molecular complexity index is 935. The molecule has 118 valence electrons. The minimum absolute atomic E-state index is 0.00735. The van der Waals surface area contributed by atoms with Crippen molar-refractivity contribution in [1.29, 1.82) is 0 Å². The van der Waals surface area contributed by atoms with E-state index in [1.54, 1.807) is 11.3 Å². The average Bonchev–Trinajstić information content (AvgIpc) is 3.14. The van der Waals surface area contributed by atoms with Gasteiger partial charge in [0.25, 0.3) is 5.91 Å². The highest BCUT2D eigenvalue weighted by atomic mass is 32.1. The van der Waals surface area contributed by atoms with Crippen molar-refractivity contribution in [3.63, 3.8) is 0 Å². The lowest BCUT2D eigenvalue weighted by molar-refractivity contribution is 0.0950. The van der Waals surface area contributed by atoms with Gasteiger partial charge in [0, 0.05) is 16.8 Å². The molecular formula is C17H17N3O2S. The first-order chi connectivity index (χ1) is 11.2. The van der Waals surface area contributed by atoms with Crippen LogP contribution >= 0.6 is 11.3 Å². The van der Waals surface area contributed by atoms with Gasteiger partial charge in [0.05, 0.1) is 16.6 Å². The van der Waals surface area contributed by atoms with Gasteiger partial charge in [0.2, 0.25) is 0 Å². The molecule has 0 aliphatic heterocycles. The van der Waals surface area contributed by atoms with E-state index in [1.807, 2.05) is 23.6 Å². The van der Waals surface area contributed by atoms with E-state index < -0.39 is 0 Å². The Balaban J connectivity index is 1.50. The van der Waals surface area contributed by atoms with E-state index in [9.17, 15) is 9.59 Å². The fourth-order valence-corrected chi connectivity index (χ4v) is 4.28. The summed E-state index contributed by atoms with van der Waals surface area (Å²) in [4.78, 5) is 30.5. The van der Waals surface area contributed by atoms with Crippen LogP contribution in [-0.4, -0.2) is 15.9 Å². The van der Waals surface area contributed by atoms with Crippen molar-refractivity contribution in [2.45, 2.75) is 32.2 Å². The largest absolute Gasteiger partial charge is 0.348 e. The lowest BCUT2D eigenvalue weighted by atomic mass is 9.95. The lowest BCUT2D eigenvalue weighted by Gasteiger charge is -2.12. The van der Waals surface area contributed by atoms with Gasteiger partial charge in [0.1, 0.15) is 0 Å². The molecule has 0 saturated heterocycles. The second-order valence-corrected chi connectivity index (χ2v) is 6.86. The molecule has 2 heterocycles. The number of hydrogen-bond acceptors (Lipinski definition) is 3. The van der Waals surface area contributed by atoms with Crippen LogP contribution in [0.15, 0.2) is 28.4 Å². The van der Waals surface area contributed by atoms with E-state index in [4.69, 9.17) is 0 Å². The molecule has 1 aliphatic rings. The number of H-pyrrole nitrogens is 2. The fourth-order valence-electron chi connectivity index (χ4n) is 3.15. The Morgan fingerprint density at radius 2 is 2.00 bits per heavy atom. The molecule has 0 bridgehead atoms. The normalized spacial score (nSPS) is 13.9. The molecule has 0 radical (unpaired) electrons. The summed E-state index contributed by atoms with van der Waals surface area (Å²) in [6.07, 6.45) is 4.51. The van der Waals surface area contributed by atoms with E-state index in [0.29, 0.717) is 6.54 Å². The number of nitrogens with one attached hydrogen (secondary N) is 3. The second-order valence-electron chi connectivity index (χ2n) is 5.90. The van der Waals surface area contributed by atoms with Crippen molar-refractivity contribution < 1.29 is 4.79 Å². The number of aryl methyl sites for hydroxylation is 1. The zero-order valence-electron chi connectivity index (χ0n) is 12.6. The van der Waals surface area contributed by atoms with Crippen LogP contribution in [0.4, 0.5) is 0 Å². The summed E-state index contributed by atoms with van der Waals surface area (Å²) in [5.74, 6) is -0.00735. The molecule has 0 atom stereocenters. The third-order valence-corrected chi connectivity index (χ3v) is 5.43. The molecule has 4 rings (SSSR count). The van der Waals surface area contributed by atoms with Gasteiger partial charge in [-0.2, -0.15) is 0 Å². The Kier molecular flexibility index (Phi) is 3.53. The number of hydrogen-bond donors (Lipinski definition) is 3. The molecule has 0 unspecified atom stereocenters. The molecular weight excluding hydrogens is 310 g/mol. The summed E-state index contributed by atoms with van der Waals surface area (Å²) < 4.78 is 0. The Morgan fingerprint density at radius 1 is 1.17 bits per heavy atom. The van der Waals surface area contributed by atoms with Crippen LogP contribution in [0.1, 0.15) is 39.2 Å². The predicted octanol–water partition coefficient (Wildman–Crippen LogP) is 2.73. The number of aromatic amines is 2. The summed E-state index contributed by atoms with van der Waals surface area (Å²) in [6.45, 7) is 0.451. The van der Waals surface area contributed by atoms with Gasteiger partial charge >= 0.3 is 5.69 Å². The molecule has 23 heavy (non-hydrogen) atoms. The molecule has 3 N–H and O–H groups in total. The molecule has 5 nitrogen and oxygen atoms in total. The summed E-state index contributed by atoms with van der Waals surface area (Å²) in [6, 6.07) is 5.65. The molecule has 2 aromatic heterocycles. The van der Waals surface area contributed by atoms with E-state index in [0.717, 1.165) is 35.0 Å². The number of rotatable bonds is 3. The summed E-state index contributed by atoms with van der Waals surface area (Å²) >= 11 is 1.70. The van der Waals surface area contributed by atoms with Crippen molar-refractivity contribution in [1.82, 2.24) is 15.3 Å². The van der Waals surface area contributed by atoms with Crippen molar-refractivity contribution in [2.24, 2.45) is 0 Å². The first kappa shape index (κ1) is 14.3. The SMILES string of the molecule is O=C(NCc1ccc2[nH]c(=O)[nH]c2c1)c1csc2c1CCCC2. The zero-order chi connectivity index (χ0) is 15.8. The molecule has 6 heteroatoms. The fraction of sp³-hybridized carbons (Fsp3) is 0.294. The third-order valence-electron chi connectivity index (χ3n) is 4.34. The highest BCUT2D eigenvalue weighted by molar-refractivity contribution is 7.10. The zero-order valence-corrected chi connectivity index (χ0v) is 13.4. The quantitative estimate of drug-likeness (QED) is 0.692. The number of fused-ring (bicyclic) bond motifs is 2. The van der Waals surface area contributed by atoms with E-state index >= 15 is 0 Å². The number of carbonyl (C=O) groups excluding carboxylic acids is 1. The van der Waals surface area contributed by atoms with Crippen LogP contribution < -0.4 is 11.0 Å². The molecule has 0 spiro atoms. The first-order valence-electron chi connectivity index (χ1n) is 7.79. The van der Waals surface area contributed by atoms with Crippen molar-refractivity contribution in [2.75, 3.05) is 0 Å². The molecule has 0 fully saturated rings. The lowest BCUT2D eigenvalue weighted by Crippen LogP contribution is -2.23. The van der Waals surface area contributed by atoms with Crippen LogP contribution in [0.25, 0.3) is 11.0 Å². The van der Waals surface area contributed by atoms with Crippen LogP contribution in [0.5, 0.6) is 0 Å². The van der Waals surface area contributed by atoms with E-state index in [2.05, 4.69) is 15.3 Å². The molecule has 0 saturated carbocycles. The molecule has 1 aromatic carbocycles. The molecule has 1 aliphatic carbocycles. The van der Waals surface area contributed by atoms with Crippen LogP contribution in [0, 0.1) is 0 Å². The van der Waals surface area contributed by atoms with Gasteiger partial charge in [-0.1, -0.05) is 6.07 Å². The number of imidazole rings is 1. The Hall–Kier alpha value is -2.34. The van der Waals surface area contributed by atoms with Gasteiger partial charge < -0.3 is 15.3 Å². The summed E-state index contributed by atoms with van der Waals surface area (Å²) in [5, 5.41) is 4.97. The molecule has 3 aromatic rings. The van der Waals surface area contributed by atoms with Crippen molar-refractivity contribution in [3.8, 4) is 0 Å². The van der Waals surface area contributed by atoms with Gasteiger partial charge in [-0.05, 0) is 48.9 Å². The third kappa shape index (κ3) is 2.70. The van der Waals surface area contributed by atoms with Crippen molar-refractivity contribution in [3.05, 3.63) is 55.6 Å². The number of aromatic nitrogens is 2. The Labute approximate surface area is 136 Å². The van der Waals surface area contributed by atoms with Crippen molar-refractivity contribution >= 4 is 28.3 Å². The smallest absolute Gasteiger partial charge is 0.323 e. The van der Waals surface area contributed by atoms with E-state index in [1.165, 1.54) is 23.3 Å². The Morgan fingerprint density at radius 3 is 2.91 bits per heavy atom. The predicted molar refractivity (Wildman–Crippen MR) is 91.1 cm³/mol. The number of carbonyl (C=O) groups is 1. The maximum absolute atomic E-state index is 12.5. The van der Waals surface area contributed by atoms with Gasteiger partial charge in [-0.3, -0.25) is 4.79 Å². The van der Waals surface area contributed by atoms with Gasteiger partial charge in [-0.25, -0.2) is 4.79 Å². The maximum atomic E-state index is 12.5. The topological polar surface area (TPSA) is 77.8 Å². The second kappa shape index (κ2) is 5.70. The van der Waals surface area contributed by atoms with Gasteiger partial charge in [-0.15, -0.1) is 11.3 Å². The van der Waals surface area contributed by atoms with Crippen LogP contribution in [0.3, 0.4) is 0 Å². The standard InChI is InChI=1S/C17H17N3O2S/c21-16(12-9-23-15-4-2-1-3-11(12)15)18-8-10-5-6-13-14(7-10)20-17(22)19-13/h5-7,9H,1-4,8H2,(H,18,21)(H2,19,20,22). The van der Waals surface area contributed by atoms with E-state index in [-0.39, 0.29) is 11.6 Å². The van der Waals surface area contributed by atoms with Crippen LogP contribution in [-0.2, 0) is 19.4 Å². The number of benzene rings is 1. The minimum Gasteiger partial charge on any atom is -0.348 e. The number of thiophene rings is 1. The highest BCUT2D eigenvalue weighted by Gasteiger charge is 2.19. The monoisotopic (exact) mass is 327 g/mol. The first-order valence-corrected chi connectivity index (χ1v) is 8.67. The van der Waals surface area contributed by atoms with Crippen LogP contribution in [0.2, 0.25) is 0 Å². The summed E-state index contributed by atoms with van der Waals surface area (Å²) in [5.41, 5.74) is 4.35. The minimum atomic E-state index is -0.217. The molecule has 1 amide bonds.